The highest BCUT2D eigenvalue weighted by Crippen LogP contribution is 2.31. The maximum Gasteiger partial charge on any atom is 0.337 e. The Hall–Kier alpha value is -3.86. The summed E-state index contributed by atoms with van der Waals surface area (Å²) in [5, 5.41) is 2.21. The molecule has 0 unspecified atom stereocenters. The average molecular weight is 385 g/mol. The van der Waals surface area contributed by atoms with Gasteiger partial charge in [-0.05, 0) is 35.9 Å². The van der Waals surface area contributed by atoms with Crippen LogP contribution in [0.1, 0.15) is 15.9 Å². The van der Waals surface area contributed by atoms with Gasteiger partial charge in [0.25, 0.3) is 0 Å². The number of H-pyrrole nitrogens is 1. The number of esters is 1. The van der Waals surface area contributed by atoms with E-state index >= 15 is 0 Å². The van der Waals surface area contributed by atoms with Crippen LogP contribution >= 0.6 is 0 Å². The molecule has 1 aromatic heterocycles. The molecule has 0 fully saturated rings. The van der Waals surface area contributed by atoms with Crippen molar-refractivity contribution in [3.05, 3.63) is 83.4 Å². The first-order chi connectivity index (χ1) is 14.2. The molecule has 0 radical (unpaired) electrons. The SMILES string of the molecule is COC(=O)c1ccc(C=C(C=O)COc2cccc3c2[nH]c2ccccc23)cc1. The van der Waals surface area contributed by atoms with E-state index in [9.17, 15) is 9.59 Å². The van der Waals surface area contributed by atoms with Crippen molar-refractivity contribution >= 4 is 40.1 Å². The monoisotopic (exact) mass is 385 g/mol. The van der Waals surface area contributed by atoms with Crippen LogP contribution < -0.4 is 4.74 Å². The number of fused-ring (bicyclic) bond motifs is 3. The number of nitrogens with one attached hydrogen (secondary N) is 1. The Morgan fingerprint density at radius 1 is 0.966 bits per heavy atom. The van der Waals surface area contributed by atoms with Crippen molar-refractivity contribution in [2.75, 3.05) is 13.7 Å². The molecule has 5 nitrogen and oxygen atoms in total. The van der Waals surface area contributed by atoms with Gasteiger partial charge in [0.15, 0.2) is 0 Å². The predicted molar refractivity (Wildman–Crippen MR) is 113 cm³/mol. The van der Waals surface area contributed by atoms with Crippen LogP contribution in [-0.4, -0.2) is 31.0 Å². The molecule has 0 saturated carbocycles. The maximum atomic E-state index is 11.5. The summed E-state index contributed by atoms with van der Waals surface area (Å²) in [4.78, 5) is 26.4. The molecule has 29 heavy (non-hydrogen) atoms. The summed E-state index contributed by atoms with van der Waals surface area (Å²) in [6, 6.07) is 20.8. The molecule has 0 saturated heterocycles. The van der Waals surface area contributed by atoms with Gasteiger partial charge in [-0.15, -0.1) is 0 Å². The quantitative estimate of drug-likeness (QED) is 0.295. The number of hydrogen-bond acceptors (Lipinski definition) is 4. The normalized spacial score (nSPS) is 11.6. The number of carbonyl (C=O) groups excluding carboxylic acids is 2. The second-order valence-electron chi connectivity index (χ2n) is 6.59. The number of benzene rings is 3. The third kappa shape index (κ3) is 3.75. The van der Waals surface area contributed by atoms with Crippen LogP contribution in [0.4, 0.5) is 0 Å². The topological polar surface area (TPSA) is 68.4 Å². The maximum absolute atomic E-state index is 11.5. The molecule has 1 N–H and O–H groups in total. The van der Waals surface area contributed by atoms with Crippen LogP contribution in [0.2, 0.25) is 0 Å². The van der Waals surface area contributed by atoms with Gasteiger partial charge < -0.3 is 14.5 Å². The zero-order valence-electron chi connectivity index (χ0n) is 15.8. The molecule has 0 bridgehead atoms. The van der Waals surface area contributed by atoms with Crippen LogP contribution in [0, 0.1) is 0 Å². The highest BCUT2D eigenvalue weighted by molar-refractivity contribution is 6.09. The number of ether oxygens (including phenoxy) is 2. The van der Waals surface area contributed by atoms with E-state index in [0.717, 1.165) is 33.7 Å². The number of aromatic amines is 1. The van der Waals surface area contributed by atoms with Gasteiger partial charge in [-0.25, -0.2) is 4.79 Å². The molecule has 1 heterocycles. The summed E-state index contributed by atoms with van der Waals surface area (Å²) in [7, 11) is 1.34. The molecule has 0 aliphatic heterocycles. The molecular formula is C24H19NO4. The van der Waals surface area contributed by atoms with Crippen molar-refractivity contribution in [3.63, 3.8) is 0 Å². The standard InChI is InChI=1S/C24H19NO4/c1-28-24(27)18-11-9-16(10-12-18)13-17(14-26)15-29-22-8-4-6-20-19-5-2-3-7-21(19)25-23(20)22/h2-14,25H,15H2,1H3. The van der Waals surface area contributed by atoms with Gasteiger partial charge >= 0.3 is 5.97 Å². The fourth-order valence-corrected chi connectivity index (χ4v) is 3.28. The molecule has 3 aromatic carbocycles. The minimum atomic E-state index is -0.397. The molecule has 0 aliphatic carbocycles. The van der Waals surface area contributed by atoms with Gasteiger partial charge in [0, 0.05) is 21.9 Å². The van der Waals surface area contributed by atoms with Crippen LogP contribution in [0.3, 0.4) is 0 Å². The van der Waals surface area contributed by atoms with Gasteiger partial charge in [-0.1, -0.05) is 42.5 Å². The number of rotatable bonds is 6. The number of carbonyl (C=O) groups is 2. The van der Waals surface area contributed by atoms with Crippen molar-refractivity contribution in [1.82, 2.24) is 4.98 Å². The zero-order valence-corrected chi connectivity index (χ0v) is 15.8. The molecule has 144 valence electrons. The van der Waals surface area contributed by atoms with Crippen molar-refractivity contribution in [2.45, 2.75) is 0 Å². The third-order valence-electron chi connectivity index (χ3n) is 4.73. The molecule has 5 heteroatoms. The first kappa shape index (κ1) is 18.5. The number of aromatic nitrogens is 1. The van der Waals surface area contributed by atoms with Gasteiger partial charge in [-0.2, -0.15) is 0 Å². The first-order valence-corrected chi connectivity index (χ1v) is 9.16. The summed E-state index contributed by atoms with van der Waals surface area (Å²) >= 11 is 0. The van der Waals surface area contributed by atoms with E-state index in [0.29, 0.717) is 16.9 Å². The van der Waals surface area contributed by atoms with E-state index < -0.39 is 5.97 Å². The highest BCUT2D eigenvalue weighted by atomic mass is 16.5. The molecule has 0 spiro atoms. The molecule has 0 aliphatic rings. The molecular weight excluding hydrogens is 366 g/mol. The van der Waals surface area contributed by atoms with Crippen molar-refractivity contribution in [2.24, 2.45) is 0 Å². The van der Waals surface area contributed by atoms with Gasteiger partial charge in [0.1, 0.15) is 18.6 Å². The Morgan fingerprint density at radius 3 is 2.48 bits per heavy atom. The van der Waals surface area contributed by atoms with Crippen LogP contribution in [0.5, 0.6) is 5.75 Å². The van der Waals surface area contributed by atoms with Gasteiger partial charge in [-0.3, -0.25) is 4.79 Å². The van der Waals surface area contributed by atoms with Crippen molar-refractivity contribution < 1.29 is 19.1 Å². The predicted octanol–water partition coefficient (Wildman–Crippen LogP) is 4.77. The Morgan fingerprint density at radius 2 is 1.72 bits per heavy atom. The largest absolute Gasteiger partial charge is 0.487 e. The number of methoxy groups -OCH3 is 1. The number of aldehydes is 1. The van der Waals surface area contributed by atoms with E-state index in [1.165, 1.54) is 7.11 Å². The smallest absolute Gasteiger partial charge is 0.337 e. The van der Waals surface area contributed by atoms with Crippen molar-refractivity contribution in [3.8, 4) is 5.75 Å². The average Bonchev–Trinajstić information content (AvgIpc) is 3.16. The Kier molecular flexibility index (Phi) is 5.12. The summed E-state index contributed by atoms with van der Waals surface area (Å²) < 4.78 is 10.6. The lowest BCUT2D eigenvalue weighted by atomic mass is 10.1. The summed E-state index contributed by atoms with van der Waals surface area (Å²) in [6.07, 6.45) is 2.51. The van der Waals surface area contributed by atoms with E-state index in [2.05, 4.69) is 15.8 Å². The highest BCUT2D eigenvalue weighted by Gasteiger charge is 2.09. The van der Waals surface area contributed by atoms with Crippen LogP contribution in [0.25, 0.3) is 27.9 Å². The Bertz CT molecular complexity index is 1220. The lowest BCUT2D eigenvalue weighted by Gasteiger charge is -2.07. The third-order valence-corrected chi connectivity index (χ3v) is 4.73. The molecule has 0 amide bonds. The second-order valence-corrected chi connectivity index (χ2v) is 6.59. The Labute approximate surface area is 167 Å². The van der Waals surface area contributed by atoms with E-state index in [1.54, 1.807) is 30.3 Å². The fraction of sp³-hybridized carbons (Fsp3) is 0.0833. The minimum absolute atomic E-state index is 0.136. The first-order valence-electron chi connectivity index (χ1n) is 9.16. The summed E-state index contributed by atoms with van der Waals surface area (Å²) in [5.41, 5.74) is 3.69. The molecule has 4 aromatic rings. The van der Waals surface area contributed by atoms with Gasteiger partial charge in [0.05, 0.1) is 18.2 Å². The van der Waals surface area contributed by atoms with E-state index in [1.807, 2.05) is 36.4 Å². The van der Waals surface area contributed by atoms with Crippen LogP contribution in [0.15, 0.2) is 72.3 Å². The molecule has 0 atom stereocenters. The lowest BCUT2D eigenvalue weighted by Crippen LogP contribution is -2.03. The van der Waals surface area contributed by atoms with Crippen LogP contribution in [-0.2, 0) is 9.53 Å². The number of para-hydroxylation sites is 2. The van der Waals surface area contributed by atoms with E-state index in [4.69, 9.17) is 4.74 Å². The summed E-state index contributed by atoms with van der Waals surface area (Å²) in [5.74, 6) is 0.290. The number of hydrogen-bond donors (Lipinski definition) is 1. The zero-order chi connectivity index (χ0) is 20.2. The fourth-order valence-electron chi connectivity index (χ4n) is 3.28. The Balaban J connectivity index is 1.56. The second kappa shape index (κ2) is 8.02. The molecule has 4 rings (SSSR count). The minimum Gasteiger partial charge on any atom is -0.487 e. The van der Waals surface area contributed by atoms with Crippen molar-refractivity contribution in [1.29, 1.82) is 0 Å². The van der Waals surface area contributed by atoms with E-state index in [-0.39, 0.29) is 6.61 Å². The summed E-state index contributed by atoms with van der Waals surface area (Å²) in [6.45, 7) is 0.136. The lowest BCUT2D eigenvalue weighted by molar-refractivity contribution is -0.105. The van der Waals surface area contributed by atoms with Gasteiger partial charge in [0.2, 0.25) is 0 Å².